The Morgan fingerprint density at radius 3 is 2.33 bits per heavy atom. The third kappa shape index (κ3) is 2.51. The molecule has 0 spiro atoms. The van der Waals surface area contributed by atoms with E-state index in [1.54, 1.807) is 36.4 Å². The second-order valence-electron chi connectivity index (χ2n) is 3.64. The fraction of sp³-hybridized carbons (Fsp3) is 0. The molecular formula is C13H9Cl2N3. The molecule has 5 heteroatoms. The lowest BCUT2D eigenvalue weighted by Crippen LogP contribution is -1.98. The third-order valence-corrected chi connectivity index (χ3v) is 3.03. The molecule has 0 aromatic heterocycles. The molecule has 0 aliphatic rings. The monoisotopic (exact) mass is 277 g/mol. The van der Waals surface area contributed by atoms with Crippen molar-refractivity contribution in [2.24, 2.45) is 0 Å². The Kier molecular flexibility index (Phi) is 3.61. The lowest BCUT2D eigenvalue weighted by Gasteiger charge is -2.12. The summed E-state index contributed by atoms with van der Waals surface area (Å²) in [5.41, 5.74) is 8.06. The Hall–Kier alpha value is -1.89. The highest BCUT2D eigenvalue weighted by Crippen LogP contribution is 2.34. The van der Waals surface area contributed by atoms with Crippen LogP contribution < -0.4 is 11.1 Å². The van der Waals surface area contributed by atoms with Crippen LogP contribution in [0.15, 0.2) is 36.4 Å². The topological polar surface area (TPSA) is 61.8 Å². The van der Waals surface area contributed by atoms with Gasteiger partial charge in [-0.05, 0) is 30.3 Å². The molecule has 0 unspecified atom stereocenters. The number of para-hydroxylation sites is 1. The summed E-state index contributed by atoms with van der Waals surface area (Å²) in [5.74, 6) is 0. The molecule has 0 saturated carbocycles. The summed E-state index contributed by atoms with van der Waals surface area (Å²) >= 11 is 12.1. The number of anilines is 3. The van der Waals surface area contributed by atoms with Gasteiger partial charge in [0.25, 0.3) is 0 Å². The lowest BCUT2D eigenvalue weighted by molar-refractivity contribution is 1.47. The van der Waals surface area contributed by atoms with Crippen molar-refractivity contribution in [2.75, 3.05) is 11.1 Å². The molecule has 0 heterocycles. The molecule has 0 atom stereocenters. The smallest absolute Gasteiger partial charge is 0.0992 e. The number of hydrogen-bond acceptors (Lipinski definition) is 3. The number of nitrogens with zero attached hydrogens (tertiary/aromatic N) is 1. The van der Waals surface area contributed by atoms with E-state index in [1.165, 1.54) is 0 Å². The molecule has 2 rings (SSSR count). The van der Waals surface area contributed by atoms with Gasteiger partial charge >= 0.3 is 0 Å². The van der Waals surface area contributed by atoms with Crippen molar-refractivity contribution < 1.29 is 0 Å². The summed E-state index contributed by atoms with van der Waals surface area (Å²) in [4.78, 5) is 0. The number of nitrogens with two attached hydrogens (primary N) is 1. The van der Waals surface area contributed by atoms with Gasteiger partial charge in [-0.15, -0.1) is 0 Å². The van der Waals surface area contributed by atoms with Crippen molar-refractivity contribution in [3.05, 3.63) is 52.0 Å². The summed E-state index contributed by atoms with van der Waals surface area (Å²) in [6, 6.07) is 12.2. The van der Waals surface area contributed by atoms with E-state index in [4.69, 9.17) is 34.2 Å². The van der Waals surface area contributed by atoms with E-state index in [-0.39, 0.29) is 0 Å². The zero-order valence-electron chi connectivity index (χ0n) is 9.24. The Bertz CT molecular complexity index is 612. The van der Waals surface area contributed by atoms with Crippen molar-refractivity contribution >= 4 is 40.3 Å². The molecule has 0 radical (unpaired) electrons. The number of halogens is 2. The van der Waals surface area contributed by atoms with Crippen molar-refractivity contribution in [2.45, 2.75) is 0 Å². The van der Waals surface area contributed by atoms with Gasteiger partial charge in [-0.3, -0.25) is 0 Å². The van der Waals surface area contributed by atoms with Gasteiger partial charge in [0.15, 0.2) is 0 Å². The summed E-state index contributed by atoms with van der Waals surface area (Å²) in [7, 11) is 0. The number of hydrogen-bond donors (Lipinski definition) is 2. The second-order valence-corrected chi connectivity index (χ2v) is 4.45. The summed E-state index contributed by atoms with van der Waals surface area (Å²) in [6.45, 7) is 0. The molecule has 3 N–H and O–H groups in total. The minimum absolute atomic E-state index is 0.463. The minimum Gasteiger partial charge on any atom is -0.397 e. The maximum absolute atomic E-state index is 8.76. The number of benzene rings is 2. The zero-order valence-corrected chi connectivity index (χ0v) is 10.8. The van der Waals surface area contributed by atoms with Gasteiger partial charge in [0, 0.05) is 0 Å². The molecule has 2 aromatic carbocycles. The Morgan fingerprint density at radius 1 is 1.11 bits per heavy atom. The van der Waals surface area contributed by atoms with Crippen LogP contribution in [0.5, 0.6) is 0 Å². The van der Waals surface area contributed by atoms with E-state index in [0.29, 0.717) is 32.7 Å². The van der Waals surface area contributed by atoms with E-state index in [1.807, 2.05) is 6.07 Å². The van der Waals surface area contributed by atoms with Crippen LogP contribution in [0.25, 0.3) is 0 Å². The van der Waals surface area contributed by atoms with Crippen molar-refractivity contribution in [1.82, 2.24) is 0 Å². The number of nitriles is 1. The van der Waals surface area contributed by atoms with E-state index >= 15 is 0 Å². The highest BCUT2D eigenvalue weighted by molar-refractivity contribution is 6.39. The van der Waals surface area contributed by atoms with Crippen LogP contribution >= 0.6 is 23.2 Å². The van der Waals surface area contributed by atoms with Crippen LogP contribution in [-0.4, -0.2) is 0 Å². The predicted octanol–water partition coefficient (Wildman–Crippen LogP) is 4.19. The highest BCUT2D eigenvalue weighted by atomic mass is 35.5. The van der Waals surface area contributed by atoms with Gasteiger partial charge < -0.3 is 11.1 Å². The molecule has 0 bridgehead atoms. The van der Waals surface area contributed by atoms with Crippen LogP contribution in [0.4, 0.5) is 17.1 Å². The molecule has 0 aliphatic carbocycles. The van der Waals surface area contributed by atoms with Gasteiger partial charge in [-0.25, -0.2) is 0 Å². The van der Waals surface area contributed by atoms with E-state index in [2.05, 4.69) is 5.32 Å². The van der Waals surface area contributed by atoms with Gasteiger partial charge in [0.2, 0.25) is 0 Å². The first-order valence-corrected chi connectivity index (χ1v) is 5.88. The Balaban J connectivity index is 2.38. The fourth-order valence-electron chi connectivity index (χ4n) is 1.50. The van der Waals surface area contributed by atoms with Crippen molar-refractivity contribution in [1.29, 1.82) is 5.26 Å². The standard InChI is InChI=1S/C13H9Cl2N3/c14-9-2-1-3-10(15)13(9)18-12-5-4-8(7-16)6-11(12)17/h1-6,18H,17H2. The Labute approximate surface area is 115 Å². The molecule has 2 aromatic rings. The molecule has 18 heavy (non-hydrogen) atoms. The number of nitrogen functional groups attached to an aromatic ring is 1. The molecule has 0 amide bonds. The van der Waals surface area contributed by atoms with Crippen LogP contribution in [0.3, 0.4) is 0 Å². The lowest BCUT2D eigenvalue weighted by atomic mass is 10.2. The minimum atomic E-state index is 0.463. The van der Waals surface area contributed by atoms with Crippen LogP contribution in [-0.2, 0) is 0 Å². The van der Waals surface area contributed by atoms with Crippen molar-refractivity contribution in [3.8, 4) is 6.07 Å². The van der Waals surface area contributed by atoms with Gasteiger partial charge in [0.05, 0.1) is 38.7 Å². The number of nitrogens with one attached hydrogen (secondary N) is 1. The molecule has 3 nitrogen and oxygen atoms in total. The van der Waals surface area contributed by atoms with Crippen LogP contribution in [0, 0.1) is 11.3 Å². The fourth-order valence-corrected chi connectivity index (χ4v) is 1.99. The zero-order chi connectivity index (χ0) is 13.1. The van der Waals surface area contributed by atoms with Gasteiger partial charge in [-0.1, -0.05) is 29.3 Å². The Morgan fingerprint density at radius 2 is 1.78 bits per heavy atom. The van der Waals surface area contributed by atoms with Gasteiger partial charge in [0.1, 0.15) is 0 Å². The summed E-state index contributed by atoms with van der Waals surface area (Å²) in [5, 5.41) is 12.8. The maximum atomic E-state index is 8.76. The van der Waals surface area contributed by atoms with E-state index < -0.39 is 0 Å². The second kappa shape index (κ2) is 5.18. The first-order valence-electron chi connectivity index (χ1n) is 5.12. The third-order valence-electron chi connectivity index (χ3n) is 2.40. The summed E-state index contributed by atoms with van der Waals surface area (Å²) < 4.78 is 0. The molecular weight excluding hydrogens is 269 g/mol. The predicted molar refractivity (Wildman–Crippen MR) is 75.3 cm³/mol. The largest absolute Gasteiger partial charge is 0.397 e. The first-order chi connectivity index (χ1) is 8.61. The average Bonchev–Trinajstić information content (AvgIpc) is 2.35. The molecule has 90 valence electrons. The molecule has 0 aliphatic heterocycles. The maximum Gasteiger partial charge on any atom is 0.0992 e. The quantitative estimate of drug-likeness (QED) is 0.809. The van der Waals surface area contributed by atoms with Crippen molar-refractivity contribution in [3.63, 3.8) is 0 Å². The molecule has 0 fully saturated rings. The van der Waals surface area contributed by atoms with Crippen LogP contribution in [0.2, 0.25) is 10.0 Å². The van der Waals surface area contributed by atoms with E-state index in [0.717, 1.165) is 0 Å². The van der Waals surface area contributed by atoms with Gasteiger partial charge in [-0.2, -0.15) is 5.26 Å². The SMILES string of the molecule is N#Cc1ccc(Nc2c(Cl)cccc2Cl)c(N)c1. The molecule has 0 saturated heterocycles. The average molecular weight is 278 g/mol. The van der Waals surface area contributed by atoms with Crippen LogP contribution in [0.1, 0.15) is 5.56 Å². The first kappa shape index (κ1) is 12.6. The normalized spacial score (nSPS) is 9.83. The highest BCUT2D eigenvalue weighted by Gasteiger charge is 2.07. The number of rotatable bonds is 2. The van der Waals surface area contributed by atoms with E-state index in [9.17, 15) is 0 Å². The summed E-state index contributed by atoms with van der Waals surface area (Å²) in [6.07, 6.45) is 0.